The van der Waals surface area contributed by atoms with Gasteiger partial charge in [-0.15, -0.1) is 0 Å². The SMILES string of the molecule is Cc1ccc(Cl)cc1NC(=O)COC(=O)[C@@H]1CC(=O)N(c2ccc(C)c([N+](=O)[O-])c2)C1. The fourth-order valence-electron chi connectivity index (χ4n) is 3.25. The lowest BCUT2D eigenvalue weighted by molar-refractivity contribution is -0.385. The Labute approximate surface area is 183 Å². The second-order valence-corrected chi connectivity index (χ2v) is 7.68. The molecule has 2 amide bonds. The number of hydrogen-bond donors (Lipinski definition) is 1. The minimum Gasteiger partial charge on any atom is -0.455 e. The van der Waals surface area contributed by atoms with Crippen molar-refractivity contribution in [3.8, 4) is 0 Å². The number of nitro groups is 1. The van der Waals surface area contributed by atoms with E-state index in [1.165, 1.54) is 11.0 Å². The number of ether oxygens (including phenoxy) is 1. The molecular formula is C21H20ClN3O6. The van der Waals surface area contributed by atoms with Gasteiger partial charge in [0.05, 0.1) is 16.5 Å². The molecule has 2 aromatic rings. The second-order valence-electron chi connectivity index (χ2n) is 7.25. The van der Waals surface area contributed by atoms with Gasteiger partial charge in [-0.1, -0.05) is 23.7 Å². The Morgan fingerprint density at radius 3 is 2.65 bits per heavy atom. The highest BCUT2D eigenvalue weighted by Gasteiger charge is 2.37. The fourth-order valence-corrected chi connectivity index (χ4v) is 3.42. The maximum atomic E-state index is 12.4. The van der Waals surface area contributed by atoms with Crippen LogP contribution in [0.3, 0.4) is 0 Å². The van der Waals surface area contributed by atoms with E-state index in [2.05, 4.69) is 5.32 Å². The highest BCUT2D eigenvalue weighted by molar-refractivity contribution is 6.31. The molecule has 31 heavy (non-hydrogen) atoms. The summed E-state index contributed by atoms with van der Waals surface area (Å²) < 4.78 is 5.07. The summed E-state index contributed by atoms with van der Waals surface area (Å²) in [6.45, 7) is 2.91. The molecule has 0 spiro atoms. The van der Waals surface area contributed by atoms with Gasteiger partial charge in [0.25, 0.3) is 11.6 Å². The fraction of sp³-hybridized carbons (Fsp3) is 0.286. The van der Waals surface area contributed by atoms with Gasteiger partial charge in [0.2, 0.25) is 5.91 Å². The molecule has 1 heterocycles. The third kappa shape index (κ3) is 5.18. The van der Waals surface area contributed by atoms with E-state index in [1.54, 1.807) is 44.2 Å². The van der Waals surface area contributed by atoms with Crippen molar-refractivity contribution < 1.29 is 24.0 Å². The predicted octanol–water partition coefficient (Wildman–Crippen LogP) is 3.40. The normalized spacial score (nSPS) is 15.6. The molecule has 1 fully saturated rings. The lowest BCUT2D eigenvalue weighted by atomic mass is 10.1. The summed E-state index contributed by atoms with van der Waals surface area (Å²) in [6.07, 6.45) is -0.102. The number of aryl methyl sites for hydroxylation is 2. The maximum Gasteiger partial charge on any atom is 0.311 e. The summed E-state index contributed by atoms with van der Waals surface area (Å²) >= 11 is 5.92. The van der Waals surface area contributed by atoms with Crippen LogP contribution in [0.25, 0.3) is 0 Å². The monoisotopic (exact) mass is 445 g/mol. The van der Waals surface area contributed by atoms with Gasteiger partial charge in [-0.25, -0.2) is 0 Å². The van der Waals surface area contributed by atoms with Crippen molar-refractivity contribution in [1.29, 1.82) is 0 Å². The van der Waals surface area contributed by atoms with E-state index in [1.807, 2.05) is 0 Å². The van der Waals surface area contributed by atoms with E-state index in [-0.39, 0.29) is 24.6 Å². The van der Waals surface area contributed by atoms with E-state index in [0.717, 1.165) is 5.56 Å². The van der Waals surface area contributed by atoms with Crippen LogP contribution >= 0.6 is 11.6 Å². The van der Waals surface area contributed by atoms with Crippen LogP contribution in [-0.2, 0) is 19.1 Å². The summed E-state index contributed by atoms with van der Waals surface area (Å²) in [5.74, 6) is -2.34. The van der Waals surface area contributed by atoms with E-state index >= 15 is 0 Å². The van der Waals surface area contributed by atoms with Gasteiger partial charge in [-0.3, -0.25) is 24.5 Å². The molecule has 3 rings (SSSR count). The van der Waals surface area contributed by atoms with Crippen LogP contribution in [0.15, 0.2) is 36.4 Å². The Kier molecular flexibility index (Phi) is 6.55. The van der Waals surface area contributed by atoms with Crippen LogP contribution in [0.4, 0.5) is 17.1 Å². The molecule has 0 aliphatic carbocycles. The molecule has 9 nitrogen and oxygen atoms in total. The van der Waals surface area contributed by atoms with E-state index in [9.17, 15) is 24.5 Å². The third-order valence-electron chi connectivity index (χ3n) is 4.98. The number of nitrogens with one attached hydrogen (secondary N) is 1. The Morgan fingerprint density at radius 1 is 1.23 bits per heavy atom. The number of benzene rings is 2. The quantitative estimate of drug-likeness (QED) is 0.413. The molecule has 1 saturated heterocycles. The predicted molar refractivity (Wildman–Crippen MR) is 114 cm³/mol. The number of carbonyl (C=O) groups excluding carboxylic acids is 3. The highest BCUT2D eigenvalue weighted by Crippen LogP contribution is 2.30. The lowest BCUT2D eigenvalue weighted by Crippen LogP contribution is -2.28. The van der Waals surface area contributed by atoms with Gasteiger partial charge in [-0.2, -0.15) is 0 Å². The van der Waals surface area contributed by atoms with E-state index in [4.69, 9.17) is 16.3 Å². The number of rotatable bonds is 6. The van der Waals surface area contributed by atoms with Crippen molar-refractivity contribution in [2.45, 2.75) is 20.3 Å². The van der Waals surface area contributed by atoms with Crippen molar-refractivity contribution in [2.24, 2.45) is 5.92 Å². The summed E-state index contributed by atoms with van der Waals surface area (Å²) in [5.41, 5.74) is 2.01. The molecule has 0 unspecified atom stereocenters. The Morgan fingerprint density at radius 2 is 1.94 bits per heavy atom. The first-order chi connectivity index (χ1) is 14.7. The maximum absolute atomic E-state index is 12.4. The van der Waals surface area contributed by atoms with Crippen molar-refractivity contribution in [3.05, 3.63) is 62.7 Å². The second kappa shape index (κ2) is 9.13. The number of nitrogens with zero attached hydrogens (tertiary/aromatic N) is 2. The van der Waals surface area contributed by atoms with Crippen LogP contribution in [0.5, 0.6) is 0 Å². The highest BCUT2D eigenvalue weighted by atomic mass is 35.5. The Bertz CT molecular complexity index is 1070. The van der Waals surface area contributed by atoms with Crippen molar-refractivity contribution in [2.75, 3.05) is 23.4 Å². The van der Waals surface area contributed by atoms with Gasteiger partial charge in [-0.05, 0) is 37.6 Å². The molecule has 10 heteroatoms. The van der Waals surface area contributed by atoms with E-state index < -0.39 is 29.3 Å². The molecule has 0 radical (unpaired) electrons. The van der Waals surface area contributed by atoms with Crippen LogP contribution in [-0.4, -0.2) is 35.9 Å². The molecule has 0 bridgehead atoms. The summed E-state index contributed by atoms with van der Waals surface area (Å²) in [5, 5.41) is 14.2. The van der Waals surface area contributed by atoms with Gasteiger partial charge >= 0.3 is 5.97 Å². The zero-order valence-electron chi connectivity index (χ0n) is 16.9. The number of esters is 1. The summed E-state index contributed by atoms with van der Waals surface area (Å²) in [4.78, 5) is 48.8. The van der Waals surface area contributed by atoms with E-state index in [0.29, 0.717) is 22.0 Å². The molecule has 1 atom stereocenters. The van der Waals surface area contributed by atoms with Gasteiger partial charge in [0.1, 0.15) is 0 Å². The first-order valence-electron chi connectivity index (χ1n) is 9.43. The number of carbonyl (C=O) groups is 3. The van der Waals surface area contributed by atoms with Gasteiger partial charge < -0.3 is 15.0 Å². The first kappa shape index (κ1) is 22.2. The molecular weight excluding hydrogens is 426 g/mol. The Hall–Kier alpha value is -3.46. The average molecular weight is 446 g/mol. The number of nitro benzene ring substituents is 1. The summed E-state index contributed by atoms with van der Waals surface area (Å²) in [6, 6.07) is 9.48. The summed E-state index contributed by atoms with van der Waals surface area (Å²) in [7, 11) is 0. The molecule has 1 N–H and O–H groups in total. The van der Waals surface area contributed by atoms with Crippen LogP contribution in [0.1, 0.15) is 17.5 Å². The standard InChI is InChI=1S/C21H20ClN3O6/c1-12-3-5-15(22)8-17(12)23-19(26)11-31-21(28)14-7-20(27)24(10-14)16-6-4-13(2)18(9-16)25(29)30/h3-6,8-9,14H,7,10-11H2,1-2H3,(H,23,26)/t14-/m1/s1. The van der Waals surface area contributed by atoms with Crippen molar-refractivity contribution >= 4 is 46.4 Å². The number of halogens is 1. The van der Waals surface area contributed by atoms with Gasteiger partial charge in [0, 0.05) is 35.3 Å². The smallest absolute Gasteiger partial charge is 0.311 e. The zero-order valence-corrected chi connectivity index (χ0v) is 17.6. The van der Waals surface area contributed by atoms with Crippen molar-refractivity contribution in [3.63, 3.8) is 0 Å². The molecule has 0 saturated carbocycles. The third-order valence-corrected chi connectivity index (χ3v) is 5.21. The molecule has 1 aliphatic heterocycles. The lowest BCUT2D eigenvalue weighted by Gasteiger charge is -2.17. The molecule has 162 valence electrons. The molecule has 0 aromatic heterocycles. The first-order valence-corrected chi connectivity index (χ1v) is 9.81. The zero-order chi connectivity index (χ0) is 22.7. The largest absolute Gasteiger partial charge is 0.455 e. The molecule has 1 aliphatic rings. The van der Waals surface area contributed by atoms with Crippen LogP contribution in [0, 0.1) is 29.9 Å². The van der Waals surface area contributed by atoms with Crippen molar-refractivity contribution in [1.82, 2.24) is 0 Å². The number of anilines is 2. The Balaban J connectivity index is 1.59. The van der Waals surface area contributed by atoms with Gasteiger partial charge in [0.15, 0.2) is 6.61 Å². The van der Waals surface area contributed by atoms with Crippen LogP contribution in [0.2, 0.25) is 5.02 Å². The minimum atomic E-state index is -0.770. The minimum absolute atomic E-state index is 0.0207. The van der Waals surface area contributed by atoms with Crippen LogP contribution < -0.4 is 10.2 Å². The molecule has 2 aromatic carbocycles. The topological polar surface area (TPSA) is 119 Å². The average Bonchev–Trinajstić information content (AvgIpc) is 3.11. The number of hydrogen-bond acceptors (Lipinski definition) is 6. The number of amides is 2.